The lowest BCUT2D eigenvalue weighted by Gasteiger charge is -2.32. The van der Waals surface area contributed by atoms with E-state index in [0.717, 1.165) is 37.1 Å². The predicted molar refractivity (Wildman–Crippen MR) is 152 cm³/mol. The van der Waals surface area contributed by atoms with Gasteiger partial charge in [-0.05, 0) is 60.9 Å². The van der Waals surface area contributed by atoms with Gasteiger partial charge >= 0.3 is 12.1 Å². The molecule has 1 unspecified atom stereocenters. The van der Waals surface area contributed by atoms with E-state index in [1.54, 1.807) is 35.2 Å². The van der Waals surface area contributed by atoms with E-state index in [9.17, 15) is 22.8 Å². The van der Waals surface area contributed by atoms with Crippen molar-refractivity contribution in [1.29, 1.82) is 0 Å². The Morgan fingerprint density at radius 2 is 1.84 bits per heavy atom. The lowest BCUT2D eigenvalue weighted by atomic mass is 10.0. The Bertz CT molecular complexity index is 1420. The van der Waals surface area contributed by atoms with Crippen LogP contribution in [0.3, 0.4) is 0 Å². The van der Waals surface area contributed by atoms with Gasteiger partial charge in [-0.25, -0.2) is 9.78 Å². The Morgan fingerprint density at radius 3 is 2.51 bits per heavy atom. The van der Waals surface area contributed by atoms with Crippen molar-refractivity contribution in [1.82, 2.24) is 9.97 Å². The second kappa shape index (κ2) is 13.2. The number of benzene rings is 1. The van der Waals surface area contributed by atoms with E-state index in [1.165, 1.54) is 13.3 Å². The van der Waals surface area contributed by atoms with Crippen LogP contribution in [0, 0.1) is 5.92 Å². The second-order valence-corrected chi connectivity index (χ2v) is 11.2. The summed E-state index contributed by atoms with van der Waals surface area (Å²) in [4.78, 5) is 36.7. The number of aromatic nitrogens is 2. The molecule has 1 atom stereocenters. The third-order valence-electron chi connectivity index (χ3n) is 7.84. The van der Waals surface area contributed by atoms with Crippen molar-refractivity contribution in [2.75, 3.05) is 43.1 Å². The number of carbonyl (C=O) groups is 2. The zero-order valence-electron chi connectivity index (χ0n) is 24.2. The van der Waals surface area contributed by atoms with Crippen molar-refractivity contribution < 1.29 is 36.7 Å². The smallest absolute Gasteiger partial charge is 0.437 e. The molecule has 5 rings (SSSR count). The average molecular weight is 601 g/mol. The van der Waals surface area contributed by atoms with Gasteiger partial charge in [0, 0.05) is 38.8 Å². The molecule has 9 nitrogen and oxygen atoms in total. The number of ketones is 1. The minimum absolute atomic E-state index is 0.0534. The lowest BCUT2D eigenvalue weighted by Crippen LogP contribution is -2.37. The molecule has 2 aliphatic heterocycles. The molecule has 0 radical (unpaired) electrons. The van der Waals surface area contributed by atoms with E-state index in [2.05, 4.69) is 14.9 Å². The first-order valence-corrected chi connectivity index (χ1v) is 14.5. The van der Waals surface area contributed by atoms with Crippen molar-refractivity contribution in [2.24, 2.45) is 5.92 Å². The van der Waals surface area contributed by atoms with Crippen LogP contribution in [0.1, 0.15) is 70.3 Å². The number of Topliss-reactive ketones (excluding diaryl/α,β-unsaturated/α-hetero) is 1. The topological polar surface area (TPSA) is 98.0 Å². The minimum atomic E-state index is -4.81. The number of nitrogens with zero attached hydrogens (tertiary/aromatic N) is 4. The zero-order chi connectivity index (χ0) is 30.6. The Kier molecular flexibility index (Phi) is 9.34. The van der Waals surface area contributed by atoms with Crippen LogP contribution < -0.4 is 9.80 Å². The van der Waals surface area contributed by atoms with Gasteiger partial charge in [0.05, 0.1) is 25.4 Å². The third kappa shape index (κ3) is 7.54. The summed E-state index contributed by atoms with van der Waals surface area (Å²) >= 11 is 0. The maximum atomic E-state index is 13.7. The molecule has 0 aliphatic carbocycles. The van der Waals surface area contributed by atoms with E-state index in [4.69, 9.17) is 13.9 Å². The lowest BCUT2D eigenvalue weighted by molar-refractivity contribution is -0.141. The highest BCUT2D eigenvalue weighted by molar-refractivity contribution is 5.96. The Labute approximate surface area is 248 Å². The van der Waals surface area contributed by atoms with Gasteiger partial charge in [-0.2, -0.15) is 18.2 Å². The van der Waals surface area contributed by atoms with Crippen LogP contribution in [0.4, 0.5) is 25.0 Å². The summed E-state index contributed by atoms with van der Waals surface area (Å²) < 4.78 is 57.5. The Hall–Kier alpha value is -3.93. The standard InChI is InChI=1S/C31H35F3N4O5/c1-20-5-4-12-38(18-20)30-36-28(31(32,33)34)27(43-30)25(39)16-21-8-9-26(35-17-21)37-13-10-24(11-14-37)42-19-22-6-3-7-23(15-22)29(40)41-2/h3,6-9,15,17,20,24H,4-5,10-14,16,18-19H2,1-2H3. The number of ether oxygens (including phenoxy) is 2. The highest BCUT2D eigenvalue weighted by Gasteiger charge is 2.42. The van der Waals surface area contributed by atoms with Gasteiger partial charge in [0.15, 0.2) is 5.69 Å². The first-order chi connectivity index (χ1) is 20.6. The van der Waals surface area contributed by atoms with Gasteiger partial charge < -0.3 is 23.7 Å². The summed E-state index contributed by atoms with van der Waals surface area (Å²) in [7, 11) is 1.35. The van der Waals surface area contributed by atoms with Crippen LogP contribution >= 0.6 is 0 Å². The summed E-state index contributed by atoms with van der Waals surface area (Å²) in [5.41, 5.74) is 0.575. The summed E-state index contributed by atoms with van der Waals surface area (Å²) in [5.74, 6) is -0.921. The fourth-order valence-corrected chi connectivity index (χ4v) is 5.53. The van der Waals surface area contributed by atoms with Crippen LogP contribution in [-0.2, 0) is 28.7 Å². The molecule has 12 heteroatoms. The zero-order valence-corrected chi connectivity index (χ0v) is 24.2. The SMILES string of the molecule is COC(=O)c1cccc(COC2CCN(c3ccc(CC(=O)c4oc(N5CCCC(C)C5)nc4C(F)(F)F)cn3)CC2)c1. The second-order valence-electron chi connectivity index (χ2n) is 11.2. The highest BCUT2D eigenvalue weighted by Crippen LogP contribution is 2.35. The Balaban J connectivity index is 1.15. The molecular weight excluding hydrogens is 565 g/mol. The van der Waals surface area contributed by atoms with Crippen molar-refractivity contribution in [3.05, 3.63) is 70.7 Å². The van der Waals surface area contributed by atoms with E-state index in [0.29, 0.717) is 49.8 Å². The fraction of sp³-hybridized carbons (Fsp3) is 0.484. The van der Waals surface area contributed by atoms with Crippen LogP contribution in [0.2, 0.25) is 0 Å². The molecule has 230 valence electrons. The van der Waals surface area contributed by atoms with Gasteiger partial charge in [-0.1, -0.05) is 25.1 Å². The number of hydrogen-bond acceptors (Lipinski definition) is 9. The molecule has 2 saturated heterocycles. The largest absolute Gasteiger partial charge is 0.465 e. The molecule has 2 aliphatic rings. The number of carbonyl (C=O) groups excluding carboxylic acids is 2. The van der Waals surface area contributed by atoms with Crippen LogP contribution in [0.5, 0.6) is 0 Å². The van der Waals surface area contributed by atoms with E-state index in [1.807, 2.05) is 13.0 Å². The van der Waals surface area contributed by atoms with Gasteiger partial charge in [0.25, 0.3) is 6.01 Å². The molecule has 1 aromatic carbocycles. The molecule has 0 spiro atoms. The first kappa shape index (κ1) is 30.5. The third-order valence-corrected chi connectivity index (χ3v) is 7.84. The molecule has 43 heavy (non-hydrogen) atoms. The van der Waals surface area contributed by atoms with Gasteiger partial charge in [-0.3, -0.25) is 4.79 Å². The number of esters is 1. The van der Waals surface area contributed by atoms with Crippen molar-refractivity contribution >= 4 is 23.6 Å². The molecule has 0 bridgehead atoms. The Morgan fingerprint density at radius 1 is 1.05 bits per heavy atom. The number of halogens is 3. The number of pyridine rings is 1. The average Bonchev–Trinajstić information content (AvgIpc) is 3.48. The van der Waals surface area contributed by atoms with Crippen molar-refractivity contribution in [3.8, 4) is 0 Å². The number of piperidine rings is 2. The molecular formula is C31H35F3N4O5. The number of methoxy groups -OCH3 is 1. The van der Waals surface area contributed by atoms with Crippen LogP contribution in [-0.4, -0.2) is 61.1 Å². The monoisotopic (exact) mass is 600 g/mol. The normalized spacial score (nSPS) is 18.1. The van der Waals surface area contributed by atoms with Crippen molar-refractivity contribution in [2.45, 2.75) is 57.9 Å². The number of alkyl halides is 3. The number of oxazole rings is 1. The van der Waals surface area contributed by atoms with Gasteiger partial charge in [-0.15, -0.1) is 0 Å². The quantitative estimate of drug-likeness (QED) is 0.226. The van der Waals surface area contributed by atoms with Gasteiger partial charge in [0.1, 0.15) is 5.82 Å². The fourth-order valence-electron chi connectivity index (χ4n) is 5.53. The summed E-state index contributed by atoms with van der Waals surface area (Å²) in [6.07, 6.45) is -0.153. The molecule has 3 aromatic rings. The van der Waals surface area contributed by atoms with Crippen LogP contribution in [0.25, 0.3) is 0 Å². The highest BCUT2D eigenvalue weighted by atomic mass is 19.4. The molecule has 2 fully saturated rings. The van der Waals surface area contributed by atoms with Gasteiger partial charge in [0.2, 0.25) is 11.5 Å². The first-order valence-electron chi connectivity index (χ1n) is 14.5. The van der Waals surface area contributed by atoms with Crippen LogP contribution in [0.15, 0.2) is 47.0 Å². The van der Waals surface area contributed by atoms with Crippen molar-refractivity contribution in [3.63, 3.8) is 0 Å². The molecule has 2 aromatic heterocycles. The summed E-state index contributed by atoms with van der Waals surface area (Å²) in [5, 5.41) is 0. The maximum absolute atomic E-state index is 13.7. The number of anilines is 2. The predicted octanol–water partition coefficient (Wildman–Crippen LogP) is 5.72. The summed E-state index contributed by atoms with van der Waals surface area (Å²) in [6.45, 7) is 4.90. The molecule has 0 N–H and O–H groups in total. The molecule has 0 amide bonds. The van der Waals surface area contributed by atoms with E-state index < -0.39 is 29.4 Å². The minimum Gasteiger partial charge on any atom is -0.465 e. The van der Waals surface area contributed by atoms with E-state index in [-0.39, 0.29) is 18.5 Å². The van der Waals surface area contributed by atoms with E-state index >= 15 is 0 Å². The molecule has 4 heterocycles. The molecule has 0 saturated carbocycles. The summed E-state index contributed by atoms with van der Waals surface area (Å²) in [6, 6.07) is 10.5. The number of rotatable bonds is 9. The maximum Gasteiger partial charge on any atom is 0.437 e. The number of hydrogen-bond donors (Lipinski definition) is 0.